The quantitative estimate of drug-likeness (QED) is 0.698. The van der Waals surface area contributed by atoms with Crippen LogP contribution in [0.5, 0.6) is 5.75 Å². The molecule has 1 heteroatoms. The van der Waals surface area contributed by atoms with Crippen LogP contribution < -0.4 is 4.74 Å². The molecular weight excluding hydrogens is 184 g/mol. The van der Waals surface area contributed by atoms with Gasteiger partial charge in [0.1, 0.15) is 11.9 Å². The molecule has 1 nitrogen and oxygen atoms in total. The van der Waals surface area contributed by atoms with Crippen LogP contribution in [0.2, 0.25) is 0 Å². The predicted octanol–water partition coefficient (Wildman–Crippen LogP) is 4.28. The molecule has 1 rings (SSSR count). The highest BCUT2D eigenvalue weighted by Gasteiger charge is 2.27. The fourth-order valence-electron chi connectivity index (χ4n) is 1.69. The summed E-state index contributed by atoms with van der Waals surface area (Å²) in [7, 11) is 0. The van der Waals surface area contributed by atoms with E-state index in [-0.39, 0.29) is 5.41 Å². The summed E-state index contributed by atoms with van der Waals surface area (Å²) in [5.74, 6) is 0.978. The second-order valence-corrected chi connectivity index (χ2v) is 4.67. The molecule has 15 heavy (non-hydrogen) atoms. The van der Waals surface area contributed by atoms with E-state index >= 15 is 0 Å². The lowest BCUT2D eigenvalue weighted by molar-refractivity contribution is 0.0668. The van der Waals surface area contributed by atoms with Gasteiger partial charge in [-0.15, -0.1) is 0 Å². The Morgan fingerprint density at radius 1 is 1.13 bits per heavy atom. The van der Waals surface area contributed by atoms with Gasteiger partial charge in [-0.2, -0.15) is 0 Å². The SMILES string of the molecule is CCC(Oc1ccccc1)C(C)(C)CC. The van der Waals surface area contributed by atoms with E-state index in [1.807, 2.05) is 30.3 Å². The van der Waals surface area contributed by atoms with Crippen LogP contribution in [0.15, 0.2) is 30.3 Å². The number of hydrogen-bond donors (Lipinski definition) is 0. The van der Waals surface area contributed by atoms with Crippen molar-refractivity contribution in [3.8, 4) is 5.75 Å². The number of ether oxygens (including phenoxy) is 1. The standard InChI is InChI=1S/C14H22O/c1-5-13(14(3,4)6-2)15-12-10-8-7-9-11-12/h7-11,13H,5-6H2,1-4H3. The zero-order chi connectivity index (χ0) is 11.3. The highest BCUT2D eigenvalue weighted by molar-refractivity contribution is 5.21. The minimum absolute atomic E-state index is 0.241. The van der Waals surface area contributed by atoms with Gasteiger partial charge in [-0.25, -0.2) is 0 Å². The molecule has 0 N–H and O–H groups in total. The second-order valence-electron chi connectivity index (χ2n) is 4.67. The van der Waals surface area contributed by atoms with Crippen LogP contribution in [0.25, 0.3) is 0 Å². The van der Waals surface area contributed by atoms with Crippen molar-refractivity contribution in [3.05, 3.63) is 30.3 Å². The maximum absolute atomic E-state index is 6.02. The minimum Gasteiger partial charge on any atom is -0.490 e. The molecule has 0 saturated carbocycles. The van der Waals surface area contributed by atoms with E-state index in [4.69, 9.17) is 4.74 Å². The third-order valence-corrected chi connectivity index (χ3v) is 3.18. The molecule has 0 heterocycles. The fourth-order valence-corrected chi connectivity index (χ4v) is 1.69. The molecular formula is C14H22O. The van der Waals surface area contributed by atoms with Gasteiger partial charge in [0, 0.05) is 5.41 Å². The van der Waals surface area contributed by atoms with Crippen molar-refractivity contribution in [3.63, 3.8) is 0 Å². The molecule has 84 valence electrons. The van der Waals surface area contributed by atoms with Crippen molar-refractivity contribution in [2.45, 2.75) is 46.6 Å². The summed E-state index contributed by atoms with van der Waals surface area (Å²) < 4.78 is 6.02. The second kappa shape index (κ2) is 5.20. The topological polar surface area (TPSA) is 9.23 Å². The van der Waals surface area contributed by atoms with Crippen molar-refractivity contribution in [2.24, 2.45) is 5.41 Å². The van der Waals surface area contributed by atoms with Crippen LogP contribution in [0.3, 0.4) is 0 Å². The molecule has 0 aliphatic carbocycles. The molecule has 0 bridgehead atoms. The van der Waals surface area contributed by atoms with E-state index in [1.54, 1.807) is 0 Å². The first-order chi connectivity index (χ1) is 7.10. The summed E-state index contributed by atoms with van der Waals surface area (Å²) in [6.07, 6.45) is 2.48. The Kier molecular flexibility index (Phi) is 4.19. The Morgan fingerprint density at radius 3 is 2.20 bits per heavy atom. The molecule has 1 aromatic rings. The molecule has 0 aliphatic heterocycles. The number of rotatable bonds is 5. The van der Waals surface area contributed by atoms with Crippen molar-refractivity contribution in [1.29, 1.82) is 0 Å². The Hall–Kier alpha value is -0.980. The normalized spacial score (nSPS) is 13.6. The van der Waals surface area contributed by atoms with E-state index in [0.717, 1.165) is 18.6 Å². The van der Waals surface area contributed by atoms with Crippen molar-refractivity contribution in [1.82, 2.24) is 0 Å². The molecule has 0 radical (unpaired) electrons. The van der Waals surface area contributed by atoms with Gasteiger partial charge in [0.15, 0.2) is 0 Å². The smallest absolute Gasteiger partial charge is 0.119 e. The average Bonchev–Trinajstić information content (AvgIpc) is 2.27. The third kappa shape index (κ3) is 3.26. The lowest BCUT2D eigenvalue weighted by Gasteiger charge is -2.33. The summed E-state index contributed by atoms with van der Waals surface area (Å²) in [6.45, 7) is 8.94. The van der Waals surface area contributed by atoms with E-state index in [1.165, 1.54) is 0 Å². The summed E-state index contributed by atoms with van der Waals surface area (Å²) in [6, 6.07) is 10.1. The number of benzene rings is 1. The van der Waals surface area contributed by atoms with Crippen LogP contribution >= 0.6 is 0 Å². The third-order valence-electron chi connectivity index (χ3n) is 3.18. The lowest BCUT2D eigenvalue weighted by Crippen LogP contribution is -2.33. The van der Waals surface area contributed by atoms with Crippen molar-refractivity contribution >= 4 is 0 Å². The van der Waals surface area contributed by atoms with E-state index in [0.29, 0.717) is 6.10 Å². The highest BCUT2D eigenvalue weighted by Crippen LogP contribution is 2.30. The Morgan fingerprint density at radius 2 is 1.73 bits per heavy atom. The lowest BCUT2D eigenvalue weighted by atomic mass is 9.82. The summed E-state index contributed by atoms with van der Waals surface area (Å²) in [5, 5.41) is 0. The molecule has 0 aromatic heterocycles. The van der Waals surface area contributed by atoms with Gasteiger partial charge in [-0.05, 0) is 25.0 Å². The predicted molar refractivity (Wildman–Crippen MR) is 65.2 cm³/mol. The Labute approximate surface area is 93.5 Å². The van der Waals surface area contributed by atoms with Crippen LogP contribution in [-0.4, -0.2) is 6.10 Å². The Balaban J connectivity index is 2.70. The van der Waals surface area contributed by atoms with Gasteiger partial charge in [0.25, 0.3) is 0 Å². The average molecular weight is 206 g/mol. The maximum atomic E-state index is 6.02. The van der Waals surface area contributed by atoms with Gasteiger partial charge in [0.05, 0.1) is 0 Å². The number of hydrogen-bond acceptors (Lipinski definition) is 1. The molecule has 0 amide bonds. The maximum Gasteiger partial charge on any atom is 0.119 e. The van der Waals surface area contributed by atoms with Crippen LogP contribution in [-0.2, 0) is 0 Å². The highest BCUT2D eigenvalue weighted by atomic mass is 16.5. The zero-order valence-electron chi connectivity index (χ0n) is 10.3. The first-order valence-corrected chi connectivity index (χ1v) is 5.82. The van der Waals surface area contributed by atoms with Gasteiger partial charge in [-0.1, -0.05) is 45.9 Å². The van der Waals surface area contributed by atoms with Crippen LogP contribution in [0.4, 0.5) is 0 Å². The van der Waals surface area contributed by atoms with E-state index in [9.17, 15) is 0 Å². The first kappa shape index (κ1) is 12.1. The van der Waals surface area contributed by atoms with E-state index < -0.39 is 0 Å². The number of para-hydroxylation sites is 1. The van der Waals surface area contributed by atoms with Gasteiger partial charge in [0.2, 0.25) is 0 Å². The summed E-state index contributed by atoms with van der Waals surface area (Å²) in [5.41, 5.74) is 0.241. The molecule has 0 saturated heterocycles. The first-order valence-electron chi connectivity index (χ1n) is 5.82. The largest absolute Gasteiger partial charge is 0.490 e. The van der Waals surface area contributed by atoms with Gasteiger partial charge in [-0.3, -0.25) is 0 Å². The van der Waals surface area contributed by atoms with E-state index in [2.05, 4.69) is 27.7 Å². The molecule has 1 atom stereocenters. The molecule has 0 spiro atoms. The van der Waals surface area contributed by atoms with Crippen molar-refractivity contribution in [2.75, 3.05) is 0 Å². The summed E-state index contributed by atoms with van der Waals surface area (Å²) >= 11 is 0. The van der Waals surface area contributed by atoms with Gasteiger partial charge < -0.3 is 4.74 Å². The monoisotopic (exact) mass is 206 g/mol. The minimum atomic E-state index is 0.241. The Bertz CT molecular complexity index is 277. The molecule has 0 aliphatic rings. The fraction of sp³-hybridized carbons (Fsp3) is 0.571. The molecule has 1 unspecified atom stereocenters. The molecule has 0 fully saturated rings. The zero-order valence-corrected chi connectivity index (χ0v) is 10.3. The molecule has 1 aromatic carbocycles. The van der Waals surface area contributed by atoms with Crippen molar-refractivity contribution < 1.29 is 4.74 Å². The summed E-state index contributed by atoms with van der Waals surface area (Å²) in [4.78, 5) is 0. The van der Waals surface area contributed by atoms with Crippen LogP contribution in [0.1, 0.15) is 40.5 Å². The van der Waals surface area contributed by atoms with Crippen LogP contribution in [0, 0.1) is 5.41 Å². The van der Waals surface area contributed by atoms with Gasteiger partial charge >= 0.3 is 0 Å².